The molecule has 16 heteroatoms. The van der Waals surface area contributed by atoms with E-state index in [1.807, 2.05) is 13.0 Å². The lowest BCUT2D eigenvalue weighted by Crippen LogP contribution is -2.56. The smallest absolute Gasteiger partial charge is 0.423 e. The van der Waals surface area contributed by atoms with E-state index in [1.54, 1.807) is 59.5 Å². The Hall–Kier alpha value is -5.55. The van der Waals surface area contributed by atoms with Crippen molar-refractivity contribution in [3.8, 4) is 0 Å². The van der Waals surface area contributed by atoms with Gasteiger partial charge in [0.15, 0.2) is 0 Å². The van der Waals surface area contributed by atoms with Crippen LogP contribution in [-0.4, -0.2) is 127 Å². The molecule has 3 aromatic carbocycles. The Morgan fingerprint density at radius 3 is 2.25 bits per heavy atom. The number of amides is 5. The van der Waals surface area contributed by atoms with Gasteiger partial charge in [0.25, 0.3) is 23.5 Å². The number of urea groups is 1. The Balaban J connectivity index is 1.00. The van der Waals surface area contributed by atoms with Crippen LogP contribution in [0.5, 0.6) is 0 Å². The van der Waals surface area contributed by atoms with Gasteiger partial charge in [-0.3, -0.25) is 19.2 Å². The third-order valence-electron chi connectivity index (χ3n) is 8.48. The van der Waals surface area contributed by atoms with Crippen LogP contribution in [0, 0.1) is 0 Å². The first-order valence-electron chi connectivity index (χ1n) is 16.9. The number of ether oxygens (including phenoxy) is 2. The lowest BCUT2D eigenvalue weighted by Gasteiger charge is -2.39. The normalized spacial score (nSPS) is 14.2. The van der Waals surface area contributed by atoms with Gasteiger partial charge in [-0.1, -0.05) is 42.5 Å². The van der Waals surface area contributed by atoms with Crippen LogP contribution in [0.4, 0.5) is 10.5 Å². The summed E-state index contributed by atoms with van der Waals surface area (Å²) in [6.07, 6.45) is 1.46. The van der Waals surface area contributed by atoms with Crippen LogP contribution in [0.1, 0.15) is 38.0 Å². The number of aromatic nitrogens is 1. The third kappa shape index (κ3) is 9.61. The summed E-state index contributed by atoms with van der Waals surface area (Å²) in [6, 6.07) is 19.2. The molecule has 272 valence electrons. The van der Waals surface area contributed by atoms with Crippen molar-refractivity contribution < 1.29 is 43.5 Å². The van der Waals surface area contributed by atoms with Gasteiger partial charge >= 0.3 is 13.1 Å². The van der Waals surface area contributed by atoms with Crippen molar-refractivity contribution in [2.75, 3.05) is 64.5 Å². The van der Waals surface area contributed by atoms with Crippen LogP contribution < -0.4 is 21.4 Å². The van der Waals surface area contributed by atoms with Gasteiger partial charge in [0.1, 0.15) is 0 Å². The number of carbonyl (C=O) groups excluding carboxylic acids is 5. The second-order valence-electron chi connectivity index (χ2n) is 12.1. The van der Waals surface area contributed by atoms with Crippen LogP contribution in [-0.2, 0) is 14.3 Å². The molecule has 2 heterocycles. The number of H-pyrrole nitrogens is 1. The molecule has 1 aliphatic rings. The first-order chi connectivity index (χ1) is 25.1. The molecule has 15 nitrogen and oxygen atoms in total. The van der Waals surface area contributed by atoms with E-state index in [0.717, 1.165) is 0 Å². The molecule has 4 aromatic rings. The SMILES string of the molecule is CC1CN(C(=O)c2ccccc2)CCN1C(=O)C(=O)c1c[nH]c2c(NC(=O)NCCOCCOCCNC(=O)c3cccc(B(O)O)c3)cccc12. The summed E-state index contributed by atoms with van der Waals surface area (Å²) < 4.78 is 10.9. The fraction of sp³-hybridized carbons (Fsp3) is 0.306. The van der Waals surface area contributed by atoms with E-state index in [-0.39, 0.29) is 74.9 Å². The Kier molecular flexibility index (Phi) is 13.1. The summed E-state index contributed by atoms with van der Waals surface area (Å²) >= 11 is 0. The molecular formula is C36H41BN6O9. The lowest BCUT2D eigenvalue weighted by atomic mass is 9.79. The fourth-order valence-corrected chi connectivity index (χ4v) is 5.80. The minimum atomic E-state index is -1.66. The number of benzene rings is 3. The van der Waals surface area contributed by atoms with E-state index in [9.17, 15) is 34.0 Å². The predicted molar refractivity (Wildman–Crippen MR) is 193 cm³/mol. The highest BCUT2D eigenvalue weighted by atomic mass is 16.5. The minimum absolute atomic E-state index is 0.117. The first kappa shape index (κ1) is 37.7. The van der Waals surface area contributed by atoms with Crippen molar-refractivity contribution in [3.63, 3.8) is 0 Å². The first-order valence-corrected chi connectivity index (χ1v) is 16.9. The molecule has 6 N–H and O–H groups in total. The Labute approximate surface area is 300 Å². The zero-order valence-electron chi connectivity index (χ0n) is 28.7. The second kappa shape index (κ2) is 18.1. The number of fused-ring (bicyclic) bond motifs is 1. The monoisotopic (exact) mass is 712 g/mol. The Bertz CT molecular complexity index is 1890. The fourth-order valence-electron chi connectivity index (χ4n) is 5.80. The summed E-state index contributed by atoms with van der Waals surface area (Å²) in [6.45, 7) is 4.14. The van der Waals surface area contributed by atoms with Crippen LogP contribution in [0.15, 0.2) is 79.0 Å². The van der Waals surface area contributed by atoms with Crippen molar-refractivity contribution in [2.45, 2.75) is 13.0 Å². The van der Waals surface area contributed by atoms with Crippen molar-refractivity contribution in [3.05, 3.63) is 95.7 Å². The third-order valence-corrected chi connectivity index (χ3v) is 8.48. The van der Waals surface area contributed by atoms with Gasteiger partial charge in [-0.05, 0) is 42.7 Å². The molecule has 1 saturated heterocycles. The number of Topliss-reactive ketones (excluding diaryl/α,β-unsaturated/α-hetero) is 1. The number of aromatic amines is 1. The van der Waals surface area contributed by atoms with Crippen LogP contribution in [0.3, 0.4) is 0 Å². The van der Waals surface area contributed by atoms with Gasteiger partial charge in [-0.25, -0.2) is 4.79 Å². The number of carbonyl (C=O) groups is 5. The van der Waals surface area contributed by atoms with Crippen molar-refractivity contribution in [2.24, 2.45) is 0 Å². The van der Waals surface area contributed by atoms with E-state index in [4.69, 9.17) is 9.47 Å². The highest BCUT2D eigenvalue weighted by molar-refractivity contribution is 6.58. The molecule has 1 fully saturated rings. The average Bonchev–Trinajstić information content (AvgIpc) is 3.60. The number of hydrogen-bond donors (Lipinski definition) is 6. The standard InChI is InChI=1S/C36H41BN6O9/c1-24-23-42(34(46)25-7-3-2-4-8-25)15-16-43(24)35(47)32(44)29-22-40-31-28(29)11-6-12-30(31)41-36(48)39-14-18-52-20-19-51-17-13-38-33(45)26-9-5-10-27(21-26)37(49)50/h2-12,21-22,24,40,49-50H,13-20,23H2,1H3,(H,38,45)(H2,39,41,48). The topological polar surface area (TPSA) is 203 Å². The number of rotatable bonds is 15. The Morgan fingerprint density at radius 2 is 1.54 bits per heavy atom. The number of ketones is 1. The molecule has 0 spiro atoms. The van der Waals surface area contributed by atoms with E-state index in [2.05, 4.69) is 20.9 Å². The summed E-state index contributed by atoms with van der Waals surface area (Å²) in [5.74, 6) is -1.82. The van der Waals surface area contributed by atoms with E-state index in [0.29, 0.717) is 40.8 Å². The largest absolute Gasteiger partial charge is 0.488 e. The number of hydrogen-bond acceptors (Lipinski definition) is 9. The second-order valence-corrected chi connectivity index (χ2v) is 12.1. The molecule has 0 bridgehead atoms. The molecule has 5 amide bonds. The summed E-state index contributed by atoms with van der Waals surface area (Å²) in [4.78, 5) is 70.6. The maximum Gasteiger partial charge on any atom is 0.488 e. The number of anilines is 1. The highest BCUT2D eigenvalue weighted by Crippen LogP contribution is 2.27. The Morgan fingerprint density at radius 1 is 0.846 bits per heavy atom. The van der Waals surface area contributed by atoms with E-state index >= 15 is 0 Å². The highest BCUT2D eigenvalue weighted by Gasteiger charge is 2.34. The summed E-state index contributed by atoms with van der Waals surface area (Å²) in [7, 11) is -1.66. The summed E-state index contributed by atoms with van der Waals surface area (Å²) in [5.41, 5.74) is 2.19. The van der Waals surface area contributed by atoms with Crippen LogP contribution in [0.2, 0.25) is 0 Å². The van der Waals surface area contributed by atoms with Crippen LogP contribution >= 0.6 is 0 Å². The molecule has 1 unspecified atom stereocenters. The maximum absolute atomic E-state index is 13.4. The molecule has 0 aliphatic carbocycles. The molecule has 1 aromatic heterocycles. The van der Waals surface area contributed by atoms with E-state index in [1.165, 1.54) is 23.2 Å². The minimum Gasteiger partial charge on any atom is -0.423 e. The number of piperazine rings is 1. The quantitative estimate of drug-likeness (QED) is 0.0450. The van der Waals surface area contributed by atoms with Gasteiger partial charge in [-0.2, -0.15) is 0 Å². The number of nitrogens with one attached hydrogen (secondary N) is 4. The van der Waals surface area contributed by atoms with Crippen molar-refractivity contribution >= 4 is 58.7 Å². The molecule has 0 saturated carbocycles. The molecule has 0 radical (unpaired) electrons. The molecule has 5 rings (SSSR count). The molecule has 1 aliphatic heterocycles. The van der Waals surface area contributed by atoms with Crippen LogP contribution in [0.25, 0.3) is 10.9 Å². The zero-order chi connectivity index (χ0) is 37.0. The van der Waals surface area contributed by atoms with Gasteiger partial charge < -0.3 is 50.3 Å². The summed E-state index contributed by atoms with van der Waals surface area (Å²) in [5, 5.41) is 27.1. The van der Waals surface area contributed by atoms with E-state index < -0.39 is 24.8 Å². The average molecular weight is 713 g/mol. The predicted octanol–water partition coefficient (Wildman–Crippen LogP) is 0.988. The van der Waals surface area contributed by atoms with Crippen molar-refractivity contribution in [1.29, 1.82) is 0 Å². The number of para-hydroxylation sites is 1. The van der Waals surface area contributed by atoms with Gasteiger partial charge in [0.2, 0.25) is 0 Å². The molecular weight excluding hydrogens is 671 g/mol. The lowest BCUT2D eigenvalue weighted by molar-refractivity contribution is -0.130. The van der Waals surface area contributed by atoms with Gasteiger partial charge in [-0.15, -0.1) is 0 Å². The zero-order valence-corrected chi connectivity index (χ0v) is 28.7. The van der Waals surface area contributed by atoms with Crippen molar-refractivity contribution in [1.82, 2.24) is 25.4 Å². The van der Waals surface area contributed by atoms with Gasteiger partial charge in [0, 0.05) is 61.5 Å². The maximum atomic E-state index is 13.4. The molecule has 1 atom stereocenters. The molecule has 52 heavy (non-hydrogen) atoms. The van der Waals surface area contributed by atoms with Gasteiger partial charge in [0.05, 0.1) is 43.2 Å². The number of nitrogens with zero attached hydrogens (tertiary/aromatic N) is 2.